The fourth-order valence-corrected chi connectivity index (χ4v) is 3.22. The van der Waals surface area contributed by atoms with E-state index in [0.717, 1.165) is 29.5 Å². The first-order chi connectivity index (χ1) is 9.15. The van der Waals surface area contributed by atoms with Gasteiger partial charge in [-0.05, 0) is 43.0 Å². The molecule has 106 valence electrons. The fourth-order valence-electron chi connectivity index (χ4n) is 2.82. The average Bonchev–Trinajstić information content (AvgIpc) is 2.88. The Morgan fingerprint density at radius 3 is 3.05 bits per heavy atom. The number of rotatable bonds is 5. The molecule has 5 heteroatoms. The summed E-state index contributed by atoms with van der Waals surface area (Å²) >= 11 is 3.46. The molecule has 1 fully saturated rings. The maximum Gasteiger partial charge on any atom is 0.123 e. The van der Waals surface area contributed by atoms with Crippen molar-refractivity contribution >= 4 is 15.9 Å². The molecular formula is C14H20BrFN2O. The summed E-state index contributed by atoms with van der Waals surface area (Å²) in [4.78, 5) is 0. The van der Waals surface area contributed by atoms with Crippen molar-refractivity contribution in [2.75, 3.05) is 6.61 Å². The summed E-state index contributed by atoms with van der Waals surface area (Å²) in [5, 5.41) is 0. The summed E-state index contributed by atoms with van der Waals surface area (Å²) in [7, 11) is 0. The van der Waals surface area contributed by atoms with Gasteiger partial charge in [-0.2, -0.15) is 0 Å². The minimum Gasteiger partial charge on any atom is -0.378 e. The second-order valence-corrected chi connectivity index (χ2v) is 5.84. The molecule has 19 heavy (non-hydrogen) atoms. The minimum absolute atomic E-state index is 0.102. The molecule has 1 aliphatic heterocycles. The molecule has 3 nitrogen and oxygen atoms in total. The molecule has 0 amide bonds. The number of hydrogen-bond acceptors (Lipinski definition) is 3. The van der Waals surface area contributed by atoms with Crippen LogP contribution in [0.15, 0.2) is 22.7 Å². The molecule has 2 rings (SSSR count). The molecule has 0 saturated carbocycles. The Labute approximate surface area is 121 Å². The third-order valence-electron chi connectivity index (χ3n) is 3.84. The SMILES string of the molecule is CCC1OCCC1C(Cc1cc(F)ccc1Br)NN. The van der Waals surface area contributed by atoms with E-state index in [0.29, 0.717) is 12.3 Å². The number of nitrogens with one attached hydrogen (secondary N) is 1. The summed E-state index contributed by atoms with van der Waals surface area (Å²) < 4.78 is 19.9. The van der Waals surface area contributed by atoms with Crippen LogP contribution in [0.25, 0.3) is 0 Å². The molecule has 1 aliphatic rings. The lowest BCUT2D eigenvalue weighted by atomic mass is 9.87. The van der Waals surface area contributed by atoms with Gasteiger partial charge in [0.15, 0.2) is 0 Å². The van der Waals surface area contributed by atoms with Crippen LogP contribution in [0.2, 0.25) is 0 Å². The third kappa shape index (κ3) is 3.54. The van der Waals surface area contributed by atoms with E-state index < -0.39 is 0 Å². The van der Waals surface area contributed by atoms with Gasteiger partial charge in [-0.15, -0.1) is 0 Å². The van der Waals surface area contributed by atoms with Crippen molar-refractivity contribution in [3.63, 3.8) is 0 Å². The van der Waals surface area contributed by atoms with Gasteiger partial charge in [-0.3, -0.25) is 11.3 Å². The molecule has 1 saturated heterocycles. The summed E-state index contributed by atoms with van der Waals surface area (Å²) in [6.07, 6.45) is 2.92. The Balaban J connectivity index is 2.12. The van der Waals surface area contributed by atoms with Crippen molar-refractivity contribution < 1.29 is 9.13 Å². The highest BCUT2D eigenvalue weighted by molar-refractivity contribution is 9.10. The summed E-state index contributed by atoms with van der Waals surface area (Å²) in [6.45, 7) is 2.90. The molecular weight excluding hydrogens is 311 g/mol. The molecule has 3 N–H and O–H groups in total. The highest BCUT2D eigenvalue weighted by Gasteiger charge is 2.33. The predicted octanol–water partition coefficient (Wildman–Crippen LogP) is 2.78. The first kappa shape index (κ1) is 14.9. The lowest BCUT2D eigenvalue weighted by Crippen LogP contribution is -2.45. The Bertz CT molecular complexity index is 430. The van der Waals surface area contributed by atoms with Crippen molar-refractivity contribution in [2.24, 2.45) is 11.8 Å². The highest BCUT2D eigenvalue weighted by Crippen LogP contribution is 2.29. The van der Waals surface area contributed by atoms with Crippen LogP contribution in [0.1, 0.15) is 25.3 Å². The molecule has 1 aromatic carbocycles. The standard InChI is InChI=1S/C14H20BrFN2O/c1-2-14-11(5-6-19-14)13(18-17)8-9-7-10(16)3-4-12(9)15/h3-4,7,11,13-14,18H,2,5-6,8,17H2,1H3. The van der Waals surface area contributed by atoms with E-state index in [1.54, 1.807) is 12.1 Å². The van der Waals surface area contributed by atoms with Crippen molar-refractivity contribution in [1.82, 2.24) is 5.43 Å². The Hall–Kier alpha value is -0.490. The number of ether oxygens (including phenoxy) is 1. The fraction of sp³-hybridized carbons (Fsp3) is 0.571. The highest BCUT2D eigenvalue weighted by atomic mass is 79.9. The molecule has 0 aliphatic carbocycles. The van der Waals surface area contributed by atoms with E-state index in [1.165, 1.54) is 6.07 Å². The maximum absolute atomic E-state index is 13.3. The predicted molar refractivity (Wildman–Crippen MR) is 77.1 cm³/mol. The normalized spacial score (nSPS) is 24.6. The van der Waals surface area contributed by atoms with Gasteiger partial charge in [-0.1, -0.05) is 22.9 Å². The van der Waals surface area contributed by atoms with Gasteiger partial charge in [0.25, 0.3) is 0 Å². The van der Waals surface area contributed by atoms with Crippen LogP contribution in [0, 0.1) is 11.7 Å². The monoisotopic (exact) mass is 330 g/mol. The smallest absolute Gasteiger partial charge is 0.123 e. The van der Waals surface area contributed by atoms with E-state index >= 15 is 0 Å². The van der Waals surface area contributed by atoms with Gasteiger partial charge in [-0.25, -0.2) is 4.39 Å². The number of benzene rings is 1. The molecule has 0 aromatic heterocycles. The van der Waals surface area contributed by atoms with E-state index in [-0.39, 0.29) is 18.0 Å². The van der Waals surface area contributed by atoms with Crippen LogP contribution in [0.4, 0.5) is 4.39 Å². The van der Waals surface area contributed by atoms with Gasteiger partial charge in [0.05, 0.1) is 6.10 Å². The van der Waals surface area contributed by atoms with Crippen LogP contribution in [-0.2, 0) is 11.2 Å². The van der Waals surface area contributed by atoms with E-state index in [4.69, 9.17) is 10.6 Å². The van der Waals surface area contributed by atoms with Crippen molar-refractivity contribution in [1.29, 1.82) is 0 Å². The quantitative estimate of drug-likeness (QED) is 0.644. The van der Waals surface area contributed by atoms with Crippen LogP contribution >= 0.6 is 15.9 Å². The number of hydrazine groups is 1. The van der Waals surface area contributed by atoms with Crippen molar-refractivity contribution in [3.8, 4) is 0 Å². The van der Waals surface area contributed by atoms with Gasteiger partial charge < -0.3 is 4.74 Å². The zero-order valence-corrected chi connectivity index (χ0v) is 12.6. The average molecular weight is 331 g/mol. The van der Waals surface area contributed by atoms with E-state index in [9.17, 15) is 4.39 Å². The largest absolute Gasteiger partial charge is 0.378 e. The van der Waals surface area contributed by atoms with Crippen LogP contribution in [0.3, 0.4) is 0 Å². The Morgan fingerprint density at radius 2 is 2.37 bits per heavy atom. The van der Waals surface area contributed by atoms with Crippen LogP contribution in [0.5, 0.6) is 0 Å². The zero-order chi connectivity index (χ0) is 13.8. The first-order valence-corrected chi connectivity index (χ1v) is 7.46. The molecule has 0 spiro atoms. The van der Waals surface area contributed by atoms with Gasteiger partial charge in [0, 0.05) is 23.0 Å². The third-order valence-corrected chi connectivity index (χ3v) is 4.62. The summed E-state index contributed by atoms with van der Waals surface area (Å²) in [5.74, 6) is 5.85. The van der Waals surface area contributed by atoms with Crippen molar-refractivity contribution in [2.45, 2.75) is 38.3 Å². The second kappa shape index (κ2) is 6.79. The molecule has 0 bridgehead atoms. The number of nitrogens with two attached hydrogens (primary N) is 1. The van der Waals surface area contributed by atoms with Gasteiger partial charge >= 0.3 is 0 Å². The van der Waals surface area contributed by atoms with Gasteiger partial charge in [0.1, 0.15) is 5.82 Å². The Kier molecular flexibility index (Phi) is 5.33. The molecule has 3 atom stereocenters. The maximum atomic E-state index is 13.3. The summed E-state index contributed by atoms with van der Waals surface area (Å²) in [5.41, 5.74) is 3.82. The van der Waals surface area contributed by atoms with Gasteiger partial charge in [0.2, 0.25) is 0 Å². The number of hydrogen-bond donors (Lipinski definition) is 2. The molecule has 1 heterocycles. The van der Waals surface area contributed by atoms with E-state index in [2.05, 4.69) is 28.3 Å². The molecule has 3 unspecified atom stereocenters. The Morgan fingerprint density at radius 1 is 1.58 bits per heavy atom. The van der Waals surface area contributed by atoms with Crippen LogP contribution < -0.4 is 11.3 Å². The molecule has 1 aromatic rings. The van der Waals surface area contributed by atoms with Crippen molar-refractivity contribution in [3.05, 3.63) is 34.1 Å². The van der Waals surface area contributed by atoms with Crippen LogP contribution in [-0.4, -0.2) is 18.8 Å². The lowest BCUT2D eigenvalue weighted by Gasteiger charge is -2.27. The summed E-state index contributed by atoms with van der Waals surface area (Å²) in [6, 6.07) is 4.85. The second-order valence-electron chi connectivity index (χ2n) is 4.98. The van der Waals surface area contributed by atoms with E-state index in [1.807, 2.05) is 0 Å². The number of halogens is 2. The first-order valence-electron chi connectivity index (χ1n) is 6.67. The zero-order valence-electron chi connectivity index (χ0n) is 11.0. The molecule has 0 radical (unpaired) electrons. The topological polar surface area (TPSA) is 47.3 Å². The minimum atomic E-state index is -0.219. The lowest BCUT2D eigenvalue weighted by molar-refractivity contribution is 0.0774.